The maximum Gasteiger partial charge on any atom is 0.335 e. The lowest BCUT2D eigenvalue weighted by atomic mass is 10.4. The van der Waals surface area contributed by atoms with Gasteiger partial charge in [0.2, 0.25) is 6.36 Å². The minimum Gasteiger partial charge on any atom is -0.428 e. The van der Waals surface area contributed by atoms with Gasteiger partial charge in [-0.1, -0.05) is 13.5 Å². The molecule has 0 saturated heterocycles. The van der Waals surface area contributed by atoms with Crippen molar-refractivity contribution in [3.05, 3.63) is 12.2 Å². The van der Waals surface area contributed by atoms with Crippen molar-refractivity contribution < 1.29 is 13.9 Å². The minimum absolute atomic E-state index is 0.180. The molecule has 0 spiro atoms. The molecule has 0 saturated carbocycles. The molecule has 0 aromatic heterocycles. The summed E-state index contributed by atoms with van der Waals surface area (Å²) in [5.74, 6) is -0.672. The van der Waals surface area contributed by atoms with E-state index in [1.54, 1.807) is 6.92 Å². The van der Waals surface area contributed by atoms with Gasteiger partial charge in [-0.05, 0) is 6.92 Å². The Morgan fingerprint density at radius 2 is 2.30 bits per heavy atom. The second kappa shape index (κ2) is 4.04. The molecule has 58 valence electrons. The lowest BCUT2D eigenvalue weighted by Crippen LogP contribution is -2.12. The summed E-state index contributed by atoms with van der Waals surface area (Å²) in [6.07, 6.45) is -1.32. The van der Waals surface area contributed by atoms with Gasteiger partial charge in [0.25, 0.3) is 0 Å². The maximum atomic E-state index is 12.3. The van der Waals surface area contributed by atoms with Gasteiger partial charge in [0.1, 0.15) is 0 Å². The maximum absolute atomic E-state index is 12.3. The topological polar surface area (TPSA) is 26.3 Å². The fourth-order valence-electron chi connectivity index (χ4n) is 0.300. The van der Waals surface area contributed by atoms with Crippen molar-refractivity contribution in [2.75, 3.05) is 0 Å². The second-order valence-electron chi connectivity index (χ2n) is 2.00. The van der Waals surface area contributed by atoms with E-state index in [-0.39, 0.29) is 12.0 Å². The van der Waals surface area contributed by atoms with Crippen molar-refractivity contribution in [3.8, 4) is 0 Å². The SMILES string of the molecule is C=C(C)C(=O)OC(F)CC. The van der Waals surface area contributed by atoms with E-state index in [0.29, 0.717) is 0 Å². The van der Waals surface area contributed by atoms with Gasteiger partial charge in [-0.2, -0.15) is 0 Å². The molecular formula is C7H11FO2. The molecule has 0 radical (unpaired) electrons. The number of carbonyl (C=O) groups excluding carboxylic acids is 1. The van der Waals surface area contributed by atoms with Gasteiger partial charge in [0.05, 0.1) is 0 Å². The van der Waals surface area contributed by atoms with Gasteiger partial charge in [0, 0.05) is 12.0 Å². The van der Waals surface area contributed by atoms with Gasteiger partial charge in [-0.15, -0.1) is 0 Å². The molecule has 0 rings (SSSR count). The number of rotatable bonds is 3. The lowest BCUT2D eigenvalue weighted by molar-refractivity contribution is -0.152. The summed E-state index contributed by atoms with van der Waals surface area (Å²) in [5, 5.41) is 0. The van der Waals surface area contributed by atoms with Crippen molar-refractivity contribution in [1.82, 2.24) is 0 Å². The number of hydrogen-bond donors (Lipinski definition) is 0. The Morgan fingerprint density at radius 1 is 1.80 bits per heavy atom. The number of carbonyl (C=O) groups is 1. The van der Waals surface area contributed by atoms with Crippen molar-refractivity contribution in [2.24, 2.45) is 0 Å². The Hall–Kier alpha value is -0.860. The fraction of sp³-hybridized carbons (Fsp3) is 0.571. The van der Waals surface area contributed by atoms with Gasteiger partial charge < -0.3 is 4.74 Å². The molecule has 2 nitrogen and oxygen atoms in total. The zero-order valence-corrected chi connectivity index (χ0v) is 6.19. The van der Waals surface area contributed by atoms with E-state index in [1.165, 1.54) is 6.92 Å². The summed E-state index contributed by atoms with van der Waals surface area (Å²) in [7, 11) is 0. The first-order valence-corrected chi connectivity index (χ1v) is 3.08. The molecule has 0 aliphatic carbocycles. The van der Waals surface area contributed by atoms with E-state index in [9.17, 15) is 9.18 Å². The molecule has 0 amide bonds. The van der Waals surface area contributed by atoms with Crippen LogP contribution in [0.15, 0.2) is 12.2 Å². The first kappa shape index (κ1) is 9.14. The molecule has 0 aromatic carbocycles. The zero-order valence-electron chi connectivity index (χ0n) is 6.19. The van der Waals surface area contributed by atoms with Crippen LogP contribution in [0.3, 0.4) is 0 Å². The predicted octanol–water partition coefficient (Wildman–Crippen LogP) is 1.81. The minimum atomic E-state index is -1.50. The third-order valence-electron chi connectivity index (χ3n) is 0.904. The number of halogens is 1. The van der Waals surface area contributed by atoms with Crippen molar-refractivity contribution in [2.45, 2.75) is 26.6 Å². The van der Waals surface area contributed by atoms with Gasteiger partial charge >= 0.3 is 5.97 Å². The van der Waals surface area contributed by atoms with Crippen LogP contribution >= 0.6 is 0 Å². The average molecular weight is 146 g/mol. The van der Waals surface area contributed by atoms with Crippen LogP contribution in [0, 0.1) is 0 Å². The number of alkyl halides is 1. The molecule has 0 aliphatic rings. The van der Waals surface area contributed by atoms with Gasteiger partial charge in [-0.3, -0.25) is 0 Å². The third-order valence-corrected chi connectivity index (χ3v) is 0.904. The van der Waals surface area contributed by atoms with Crippen LogP contribution in [-0.2, 0) is 9.53 Å². The molecule has 1 unspecified atom stereocenters. The highest BCUT2D eigenvalue weighted by molar-refractivity contribution is 5.86. The van der Waals surface area contributed by atoms with E-state index >= 15 is 0 Å². The smallest absolute Gasteiger partial charge is 0.335 e. The predicted molar refractivity (Wildman–Crippen MR) is 36.1 cm³/mol. The summed E-state index contributed by atoms with van der Waals surface area (Å²) in [6, 6.07) is 0. The highest BCUT2D eigenvalue weighted by Crippen LogP contribution is 2.02. The van der Waals surface area contributed by atoms with Crippen LogP contribution in [0.5, 0.6) is 0 Å². The quantitative estimate of drug-likeness (QED) is 0.448. The summed E-state index contributed by atoms with van der Waals surface area (Å²) >= 11 is 0. The lowest BCUT2D eigenvalue weighted by Gasteiger charge is -2.05. The normalized spacial score (nSPS) is 12.3. The first-order chi connectivity index (χ1) is 4.57. The Kier molecular flexibility index (Phi) is 3.69. The molecule has 0 aliphatic heterocycles. The van der Waals surface area contributed by atoms with Crippen LogP contribution in [0.2, 0.25) is 0 Å². The standard InChI is InChI=1S/C7H11FO2/c1-4-6(8)10-7(9)5(2)3/h6H,2,4H2,1,3H3. The average Bonchev–Trinajstić information content (AvgIpc) is 1.87. The van der Waals surface area contributed by atoms with Crippen molar-refractivity contribution in [1.29, 1.82) is 0 Å². The molecule has 0 bridgehead atoms. The number of hydrogen-bond acceptors (Lipinski definition) is 2. The van der Waals surface area contributed by atoms with Crippen molar-refractivity contribution >= 4 is 5.97 Å². The van der Waals surface area contributed by atoms with Crippen LogP contribution in [0.1, 0.15) is 20.3 Å². The highest BCUT2D eigenvalue weighted by Gasteiger charge is 2.09. The molecular weight excluding hydrogens is 135 g/mol. The van der Waals surface area contributed by atoms with E-state index in [0.717, 1.165) is 0 Å². The molecule has 0 N–H and O–H groups in total. The molecule has 3 heteroatoms. The number of esters is 1. The van der Waals surface area contributed by atoms with Crippen molar-refractivity contribution in [3.63, 3.8) is 0 Å². The van der Waals surface area contributed by atoms with Crippen LogP contribution < -0.4 is 0 Å². The molecule has 0 heterocycles. The van der Waals surface area contributed by atoms with Gasteiger partial charge in [-0.25, -0.2) is 9.18 Å². The monoisotopic (exact) mass is 146 g/mol. The van der Waals surface area contributed by atoms with E-state index in [1.807, 2.05) is 0 Å². The fourth-order valence-corrected chi connectivity index (χ4v) is 0.300. The third kappa shape index (κ3) is 3.22. The highest BCUT2D eigenvalue weighted by atomic mass is 19.1. The van der Waals surface area contributed by atoms with Crippen LogP contribution in [0.25, 0.3) is 0 Å². The summed E-state index contributed by atoms with van der Waals surface area (Å²) in [6.45, 7) is 6.37. The zero-order chi connectivity index (χ0) is 8.15. The van der Waals surface area contributed by atoms with E-state index in [4.69, 9.17) is 0 Å². The number of ether oxygens (including phenoxy) is 1. The van der Waals surface area contributed by atoms with Crippen LogP contribution in [-0.4, -0.2) is 12.3 Å². The van der Waals surface area contributed by atoms with E-state index < -0.39 is 12.3 Å². The Bertz CT molecular complexity index is 143. The molecule has 10 heavy (non-hydrogen) atoms. The van der Waals surface area contributed by atoms with E-state index in [2.05, 4.69) is 11.3 Å². The molecule has 0 fully saturated rings. The molecule has 0 aromatic rings. The van der Waals surface area contributed by atoms with Crippen LogP contribution in [0.4, 0.5) is 4.39 Å². The Labute approximate surface area is 59.7 Å². The van der Waals surface area contributed by atoms with Gasteiger partial charge in [0.15, 0.2) is 0 Å². The Balaban J connectivity index is 3.68. The Morgan fingerprint density at radius 3 is 2.60 bits per heavy atom. The summed E-state index contributed by atoms with van der Waals surface area (Å²) in [5.41, 5.74) is 0.219. The first-order valence-electron chi connectivity index (χ1n) is 3.08. The summed E-state index contributed by atoms with van der Waals surface area (Å²) in [4.78, 5) is 10.6. The summed E-state index contributed by atoms with van der Waals surface area (Å²) < 4.78 is 16.5. The molecule has 1 atom stereocenters. The largest absolute Gasteiger partial charge is 0.428 e. The second-order valence-corrected chi connectivity index (χ2v) is 2.00.